The van der Waals surface area contributed by atoms with Crippen molar-refractivity contribution in [2.24, 2.45) is 0 Å². The number of pyridine rings is 1. The molecular formula is C20H22N2O4. The summed E-state index contributed by atoms with van der Waals surface area (Å²) >= 11 is 0. The molecule has 136 valence electrons. The standard InChI is InChI=1S/C20H22N2O4/c1-15(2)26-20(24)14-25-18-8-4-3-7-17(18)9-10-19(23)22-13-16-6-5-11-21-12-16/h3-12,15H,13-14H2,1-2H3,(H,22,23). The van der Waals surface area contributed by atoms with Gasteiger partial charge in [0.2, 0.25) is 5.91 Å². The Morgan fingerprint density at radius 2 is 2.00 bits per heavy atom. The lowest BCUT2D eigenvalue weighted by Gasteiger charge is -2.11. The van der Waals surface area contributed by atoms with E-state index in [2.05, 4.69) is 10.3 Å². The lowest BCUT2D eigenvalue weighted by molar-refractivity contribution is -0.149. The first-order chi connectivity index (χ1) is 12.5. The van der Waals surface area contributed by atoms with Gasteiger partial charge in [0.1, 0.15) is 5.75 Å². The minimum absolute atomic E-state index is 0.184. The molecule has 0 radical (unpaired) electrons. The summed E-state index contributed by atoms with van der Waals surface area (Å²) in [4.78, 5) is 27.5. The molecule has 2 aromatic rings. The molecule has 1 aromatic heterocycles. The molecule has 0 atom stereocenters. The zero-order valence-electron chi connectivity index (χ0n) is 14.8. The zero-order valence-corrected chi connectivity index (χ0v) is 14.8. The van der Waals surface area contributed by atoms with Crippen LogP contribution in [0.3, 0.4) is 0 Å². The molecule has 0 saturated heterocycles. The van der Waals surface area contributed by atoms with Gasteiger partial charge >= 0.3 is 5.97 Å². The summed E-state index contributed by atoms with van der Waals surface area (Å²) in [6, 6.07) is 10.9. The maximum atomic E-state index is 12.0. The number of aromatic nitrogens is 1. The van der Waals surface area contributed by atoms with E-state index in [4.69, 9.17) is 9.47 Å². The summed E-state index contributed by atoms with van der Waals surface area (Å²) in [6.07, 6.45) is 6.25. The molecule has 26 heavy (non-hydrogen) atoms. The summed E-state index contributed by atoms with van der Waals surface area (Å²) in [5.74, 6) is -0.166. The van der Waals surface area contributed by atoms with Crippen LogP contribution in [0.2, 0.25) is 0 Å². The molecule has 0 fully saturated rings. The van der Waals surface area contributed by atoms with Crippen molar-refractivity contribution < 1.29 is 19.1 Å². The van der Waals surface area contributed by atoms with Gasteiger partial charge in [0.25, 0.3) is 0 Å². The van der Waals surface area contributed by atoms with Gasteiger partial charge in [0.15, 0.2) is 6.61 Å². The predicted molar refractivity (Wildman–Crippen MR) is 98.3 cm³/mol. The van der Waals surface area contributed by atoms with Crippen molar-refractivity contribution in [2.45, 2.75) is 26.5 Å². The third-order valence-electron chi connectivity index (χ3n) is 3.24. The first kappa shape index (κ1) is 19.2. The molecule has 1 heterocycles. The molecule has 0 aliphatic heterocycles. The molecule has 0 spiro atoms. The topological polar surface area (TPSA) is 77.5 Å². The van der Waals surface area contributed by atoms with Gasteiger partial charge in [-0.3, -0.25) is 9.78 Å². The van der Waals surface area contributed by atoms with E-state index in [0.717, 1.165) is 5.56 Å². The summed E-state index contributed by atoms with van der Waals surface area (Å²) < 4.78 is 10.5. The molecule has 0 aliphatic carbocycles. The van der Waals surface area contributed by atoms with Crippen LogP contribution < -0.4 is 10.1 Å². The minimum atomic E-state index is -0.437. The Balaban J connectivity index is 1.90. The largest absolute Gasteiger partial charge is 0.481 e. The van der Waals surface area contributed by atoms with Crippen LogP contribution in [0.4, 0.5) is 0 Å². The van der Waals surface area contributed by atoms with E-state index in [1.807, 2.05) is 18.2 Å². The summed E-state index contributed by atoms with van der Waals surface area (Å²) in [7, 11) is 0. The number of ether oxygens (including phenoxy) is 2. The number of benzene rings is 1. The van der Waals surface area contributed by atoms with Crippen molar-refractivity contribution in [1.29, 1.82) is 0 Å². The molecule has 2 rings (SSSR count). The maximum Gasteiger partial charge on any atom is 0.344 e. The average molecular weight is 354 g/mol. The van der Waals surface area contributed by atoms with Gasteiger partial charge in [0, 0.05) is 30.6 Å². The smallest absolute Gasteiger partial charge is 0.344 e. The van der Waals surface area contributed by atoms with Crippen molar-refractivity contribution >= 4 is 18.0 Å². The normalized spacial score (nSPS) is 10.7. The Morgan fingerprint density at radius 3 is 2.73 bits per heavy atom. The van der Waals surface area contributed by atoms with Crippen molar-refractivity contribution in [1.82, 2.24) is 10.3 Å². The average Bonchev–Trinajstić information content (AvgIpc) is 2.64. The van der Waals surface area contributed by atoms with Crippen LogP contribution in [-0.2, 0) is 20.9 Å². The lowest BCUT2D eigenvalue weighted by Crippen LogP contribution is -2.20. The second-order valence-corrected chi connectivity index (χ2v) is 5.78. The third-order valence-corrected chi connectivity index (χ3v) is 3.24. The van der Waals surface area contributed by atoms with Gasteiger partial charge < -0.3 is 14.8 Å². The van der Waals surface area contributed by atoms with E-state index in [-0.39, 0.29) is 18.6 Å². The summed E-state index contributed by atoms with van der Waals surface area (Å²) in [5.41, 5.74) is 1.61. The van der Waals surface area contributed by atoms with E-state index >= 15 is 0 Å². The molecule has 1 N–H and O–H groups in total. The Labute approximate surface area is 152 Å². The van der Waals surface area contributed by atoms with Crippen LogP contribution in [0, 0.1) is 0 Å². The number of rotatable bonds is 8. The van der Waals surface area contributed by atoms with Crippen LogP contribution in [0.15, 0.2) is 54.9 Å². The van der Waals surface area contributed by atoms with E-state index in [1.165, 1.54) is 6.08 Å². The van der Waals surface area contributed by atoms with E-state index < -0.39 is 5.97 Å². The summed E-state index contributed by atoms with van der Waals surface area (Å²) in [5, 5.41) is 2.78. The Kier molecular flexibility index (Phi) is 7.36. The van der Waals surface area contributed by atoms with Crippen molar-refractivity contribution in [2.75, 3.05) is 6.61 Å². The van der Waals surface area contributed by atoms with Crippen molar-refractivity contribution in [3.63, 3.8) is 0 Å². The van der Waals surface area contributed by atoms with Crippen molar-refractivity contribution in [3.8, 4) is 5.75 Å². The van der Waals surface area contributed by atoms with E-state index in [0.29, 0.717) is 17.9 Å². The molecule has 6 heteroatoms. The van der Waals surface area contributed by atoms with Gasteiger partial charge in [-0.05, 0) is 37.6 Å². The zero-order chi connectivity index (χ0) is 18.8. The van der Waals surface area contributed by atoms with Gasteiger partial charge in [-0.2, -0.15) is 0 Å². The van der Waals surface area contributed by atoms with Crippen LogP contribution in [0.1, 0.15) is 25.0 Å². The Hall–Kier alpha value is -3.15. The molecule has 0 unspecified atom stereocenters. The maximum absolute atomic E-state index is 12.0. The highest BCUT2D eigenvalue weighted by Gasteiger charge is 2.08. The summed E-state index contributed by atoms with van der Waals surface area (Å²) in [6.45, 7) is 3.77. The van der Waals surface area contributed by atoms with Crippen LogP contribution >= 0.6 is 0 Å². The number of carbonyl (C=O) groups is 2. The van der Waals surface area contributed by atoms with Gasteiger partial charge in [0.05, 0.1) is 6.10 Å². The Morgan fingerprint density at radius 1 is 1.19 bits per heavy atom. The predicted octanol–water partition coefficient (Wildman–Crippen LogP) is 2.74. The molecule has 6 nitrogen and oxygen atoms in total. The molecule has 0 bridgehead atoms. The number of hydrogen-bond acceptors (Lipinski definition) is 5. The van der Waals surface area contributed by atoms with Crippen LogP contribution in [-0.4, -0.2) is 29.6 Å². The monoisotopic (exact) mass is 354 g/mol. The lowest BCUT2D eigenvalue weighted by atomic mass is 10.2. The number of hydrogen-bond donors (Lipinski definition) is 1. The Bertz CT molecular complexity index is 757. The van der Waals surface area contributed by atoms with E-state index in [1.54, 1.807) is 50.5 Å². The van der Waals surface area contributed by atoms with Crippen molar-refractivity contribution in [3.05, 3.63) is 66.0 Å². The molecule has 0 aliphatic rings. The number of nitrogens with one attached hydrogen (secondary N) is 1. The molecule has 1 amide bonds. The number of amides is 1. The van der Waals surface area contributed by atoms with Crippen LogP contribution in [0.5, 0.6) is 5.75 Å². The number of carbonyl (C=O) groups excluding carboxylic acids is 2. The SMILES string of the molecule is CC(C)OC(=O)COc1ccccc1C=CC(=O)NCc1cccnc1. The highest BCUT2D eigenvalue weighted by molar-refractivity contribution is 5.92. The highest BCUT2D eigenvalue weighted by Crippen LogP contribution is 2.19. The quantitative estimate of drug-likeness (QED) is 0.583. The van der Waals surface area contributed by atoms with Crippen LogP contribution in [0.25, 0.3) is 6.08 Å². The second-order valence-electron chi connectivity index (χ2n) is 5.78. The highest BCUT2D eigenvalue weighted by atomic mass is 16.6. The number of esters is 1. The molecular weight excluding hydrogens is 332 g/mol. The fourth-order valence-electron chi connectivity index (χ4n) is 2.10. The third kappa shape index (κ3) is 6.76. The van der Waals surface area contributed by atoms with E-state index in [9.17, 15) is 9.59 Å². The molecule has 0 saturated carbocycles. The number of para-hydroxylation sites is 1. The first-order valence-corrected chi connectivity index (χ1v) is 8.30. The molecule has 1 aromatic carbocycles. The second kappa shape index (κ2) is 9.98. The van der Waals surface area contributed by atoms with Gasteiger partial charge in [-0.15, -0.1) is 0 Å². The van der Waals surface area contributed by atoms with Gasteiger partial charge in [-0.1, -0.05) is 24.3 Å². The number of nitrogens with zero attached hydrogens (tertiary/aromatic N) is 1. The minimum Gasteiger partial charge on any atom is -0.481 e. The van der Waals surface area contributed by atoms with Gasteiger partial charge in [-0.25, -0.2) is 4.79 Å². The fourth-order valence-corrected chi connectivity index (χ4v) is 2.10. The fraction of sp³-hybridized carbons (Fsp3) is 0.250. The first-order valence-electron chi connectivity index (χ1n) is 8.30.